The Hall–Kier alpha value is 0.260. The van der Waals surface area contributed by atoms with Gasteiger partial charge in [0.1, 0.15) is 5.75 Å². The third-order valence-corrected chi connectivity index (χ3v) is 4.63. The van der Waals surface area contributed by atoms with Crippen LogP contribution in [0, 0.1) is 7.14 Å². The number of hydrogen-bond donors (Lipinski definition) is 1. The molecule has 0 aliphatic heterocycles. The van der Waals surface area contributed by atoms with Gasteiger partial charge in [-0.25, -0.2) is 9.98 Å². The molecule has 0 saturated carbocycles. The van der Waals surface area contributed by atoms with E-state index in [0.29, 0.717) is 11.4 Å². The van der Waals surface area contributed by atoms with E-state index >= 15 is 0 Å². The Morgan fingerprint density at radius 2 is 1.95 bits per heavy atom. The number of nitrogens with zero attached hydrogens (tertiary/aromatic N) is 2. The van der Waals surface area contributed by atoms with E-state index in [-0.39, 0.29) is 5.75 Å². The molecule has 0 aliphatic carbocycles. The number of aromatic nitrogens is 1. The van der Waals surface area contributed by atoms with Crippen LogP contribution in [0.5, 0.6) is 5.75 Å². The zero-order valence-electron chi connectivity index (χ0n) is 9.24. The highest BCUT2D eigenvalue weighted by molar-refractivity contribution is 14.1. The summed E-state index contributed by atoms with van der Waals surface area (Å²) in [6.45, 7) is 0. The fourth-order valence-electron chi connectivity index (χ4n) is 1.32. The van der Waals surface area contributed by atoms with E-state index < -0.39 is 0 Å². The Kier molecular flexibility index (Phi) is 5.61. The van der Waals surface area contributed by atoms with Crippen molar-refractivity contribution in [3.63, 3.8) is 0 Å². The van der Waals surface area contributed by atoms with Gasteiger partial charge in [0.15, 0.2) is 5.82 Å². The molecule has 0 bridgehead atoms. The van der Waals surface area contributed by atoms with Crippen LogP contribution in [0.15, 0.2) is 38.3 Å². The first-order valence-electron chi connectivity index (χ1n) is 5.00. The summed E-state index contributed by atoms with van der Waals surface area (Å²) in [4.78, 5) is 8.48. The molecule has 0 atom stereocenters. The fraction of sp³-hybridized carbons (Fsp3) is 0. The van der Waals surface area contributed by atoms with E-state index in [1.165, 1.54) is 0 Å². The number of pyridine rings is 1. The summed E-state index contributed by atoms with van der Waals surface area (Å²) >= 11 is 11.0. The van der Waals surface area contributed by atoms with E-state index in [2.05, 4.69) is 87.0 Å². The van der Waals surface area contributed by atoms with E-state index in [1.807, 2.05) is 18.2 Å². The predicted octanol–water partition coefficient (Wildman–Crippen LogP) is 5.27. The topological polar surface area (TPSA) is 45.5 Å². The highest BCUT2D eigenvalue weighted by atomic mass is 127. The van der Waals surface area contributed by atoms with Crippen LogP contribution in [0.3, 0.4) is 0 Å². The van der Waals surface area contributed by atoms with Gasteiger partial charge in [0.05, 0.1) is 8.04 Å². The third kappa shape index (κ3) is 4.11. The van der Waals surface area contributed by atoms with Gasteiger partial charge >= 0.3 is 0 Å². The molecule has 1 heterocycles. The van der Waals surface area contributed by atoms with Gasteiger partial charge in [-0.05, 0) is 95.2 Å². The summed E-state index contributed by atoms with van der Waals surface area (Å²) in [5.74, 6) is 0.800. The first-order chi connectivity index (χ1) is 8.97. The predicted molar refractivity (Wildman–Crippen MR) is 100 cm³/mol. The molecule has 0 aliphatic rings. The van der Waals surface area contributed by atoms with Crippen molar-refractivity contribution in [3.8, 4) is 5.75 Å². The average Bonchev–Trinajstić information content (AvgIpc) is 2.33. The maximum Gasteiger partial charge on any atom is 0.166 e. The lowest BCUT2D eigenvalue weighted by molar-refractivity contribution is 0.470. The van der Waals surface area contributed by atoms with Crippen molar-refractivity contribution < 1.29 is 5.11 Å². The molecule has 1 aromatic heterocycles. The SMILES string of the molecule is Oc1c(I)cc(I)cc1C=Nc1ncc(Br)cc1Br. The van der Waals surface area contributed by atoms with Crippen molar-refractivity contribution in [2.24, 2.45) is 4.99 Å². The molecule has 2 rings (SSSR count). The zero-order valence-corrected chi connectivity index (χ0v) is 16.7. The number of phenolic OH excluding ortho intramolecular Hbond substituents is 1. The minimum Gasteiger partial charge on any atom is -0.506 e. The highest BCUT2D eigenvalue weighted by Gasteiger charge is 2.06. The first-order valence-corrected chi connectivity index (χ1v) is 8.75. The Bertz CT molecular complexity index is 662. The van der Waals surface area contributed by atoms with Gasteiger partial charge in [-0.3, -0.25) is 0 Å². The molecule has 0 amide bonds. The van der Waals surface area contributed by atoms with Crippen molar-refractivity contribution >= 4 is 89.1 Å². The number of phenols is 1. The van der Waals surface area contributed by atoms with Gasteiger partial charge in [0.25, 0.3) is 0 Å². The van der Waals surface area contributed by atoms with Crippen LogP contribution in [0.25, 0.3) is 0 Å². The van der Waals surface area contributed by atoms with E-state index in [9.17, 15) is 5.11 Å². The summed E-state index contributed by atoms with van der Waals surface area (Å²) in [6, 6.07) is 5.65. The molecule has 2 aromatic rings. The Morgan fingerprint density at radius 3 is 2.63 bits per heavy atom. The van der Waals surface area contributed by atoms with Crippen LogP contribution < -0.4 is 0 Å². The van der Waals surface area contributed by atoms with Crippen molar-refractivity contribution in [3.05, 3.63) is 46.0 Å². The number of rotatable bonds is 2. The largest absolute Gasteiger partial charge is 0.506 e. The van der Waals surface area contributed by atoms with Crippen molar-refractivity contribution in [2.45, 2.75) is 0 Å². The summed E-state index contributed by atoms with van der Waals surface area (Å²) in [6.07, 6.45) is 3.29. The van der Waals surface area contributed by atoms with Crippen LogP contribution >= 0.6 is 77.0 Å². The number of halogens is 4. The molecular weight excluding hydrogens is 602 g/mol. The van der Waals surface area contributed by atoms with Crippen LogP contribution in [0.2, 0.25) is 0 Å². The Balaban J connectivity index is 2.38. The lowest BCUT2D eigenvalue weighted by Gasteiger charge is -2.03. The summed E-state index contributed by atoms with van der Waals surface area (Å²) < 4.78 is 3.51. The van der Waals surface area contributed by atoms with Crippen molar-refractivity contribution in [1.29, 1.82) is 0 Å². The molecule has 98 valence electrons. The third-order valence-electron chi connectivity index (χ3n) is 2.17. The van der Waals surface area contributed by atoms with Crippen LogP contribution in [0.1, 0.15) is 5.56 Å². The van der Waals surface area contributed by atoms with E-state index in [0.717, 1.165) is 16.1 Å². The minimum atomic E-state index is 0.234. The maximum atomic E-state index is 9.97. The monoisotopic (exact) mass is 606 g/mol. The number of aliphatic imine (C=N–C) groups is 1. The van der Waals surface area contributed by atoms with Crippen LogP contribution in [-0.4, -0.2) is 16.3 Å². The second-order valence-electron chi connectivity index (χ2n) is 3.54. The molecule has 0 spiro atoms. The molecule has 0 fully saturated rings. The Labute approximate surface area is 154 Å². The minimum absolute atomic E-state index is 0.234. The molecule has 1 N–H and O–H groups in total. The highest BCUT2D eigenvalue weighted by Crippen LogP contribution is 2.28. The summed E-state index contributed by atoms with van der Waals surface area (Å²) in [7, 11) is 0. The zero-order chi connectivity index (χ0) is 14.0. The van der Waals surface area contributed by atoms with Crippen molar-refractivity contribution in [1.82, 2.24) is 4.98 Å². The number of benzene rings is 1. The number of hydrogen-bond acceptors (Lipinski definition) is 3. The fourth-order valence-corrected chi connectivity index (χ4v) is 4.30. The lowest BCUT2D eigenvalue weighted by Crippen LogP contribution is -1.88. The maximum absolute atomic E-state index is 9.97. The first kappa shape index (κ1) is 15.6. The van der Waals surface area contributed by atoms with Gasteiger partial charge in [0.2, 0.25) is 0 Å². The quantitative estimate of drug-likeness (QED) is 0.374. The van der Waals surface area contributed by atoms with Gasteiger partial charge < -0.3 is 5.11 Å². The van der Waals surface area contributed by atoms with Gasteiger partial charge in [0, 0.05) is 26.0 Å². The summed E-state index contributed by atoms with van der Waals surface area (Å²) in [5, 5.41) is 9.97. The standard InChI is InChI=1S/C12H6Br2I2N2O/c13-7-2-9(14)12(18-5-7)17-4-6-1-8(15)3-10(16)11(6)19/h1-5,19H. The molecule has 19 heavy (non-hydrogen) atoms. The molecule has 0 unspecified atom stereocenters. The van der Waals surface area contributed by atoms with Crippen LogP contribution in [-0.2, 0) is 0 Å². The Morgan fingerprint density at radius 1 is 1.21 bits per heavy atom. The van der Waals surface area contributed by atoms with E-state index in [1.54, 1.807) is 12.4 Å². The number of aromatic hydroxyl groups is 1. The molecule has 3 nitrogen and oxygen atoms in total. The van der Waals surface area contributed by atoms with Crippen LogP contribution in [0.4, 0.5) is 5.82 Å². The smallest absolute Gasteiger partial charge is 0.166 e. The molecule has 1 aromatic carbocycles. The lowest BCUT2D eigenvalue weighted by atomic mass is 10.2. The van der Waals surface area contributed by atoms with Crippen molar-refractivity contribution in [2.75, 3.05) is 0 Å². The van der Waals surface area contributed by atoms with E-state index in [4.69, 9.17) is 0 Å². The molecule has 0 radical (unpaired) electrons. The van der Waals surface area contributed by atoms with Gasteiger partial charge in [-0.1, -0.05) is 0 Å². The van der Waals surface area contributed by atoms with Gasteiger partial charge in [-0.2, -0.15) is 0 Å². The second-order valence-corrected chi connectivity index (χ2v) is 7.72. The second kappa shape index (κ2) is 6.81. The normalized spacial score (nSPS) is 11.2. The van der Waals surface area contributed by atoms with Gasteiger partial charge in [-0.15, -0.1) is 0 Å². The summed E-state index contributed by atoms with van der Waals surface area (Å²) in [5.41, 5.74) is 0.674. The molecule has 7 heteroatoms. The average molecular weight is 608 g/mol. The molecular formula is C12H6Br2I2N2O. The molecule has 0 saturated heterocycles.